The highest BCUT2D eigenvalue weighted by Crippen LogP contribution is 2.23. The number of hydrogen-bond acceptors (Lipinski definition) is 5. The summed E-state index contributed by atoms with van der Waals surface area (Å²) in [6, 6.07) is 16.7. The van der Waals surface area contributed by atoms with Crippen LogP contribution in [0.4, 0.5) is 0 Å². The number of benzene rings is 2. The Hall–Kier alpha value is -2.38. The first-order chi connectivity index (χ1) is 12.5. The van der Waals surface area contributed by atoms with Crippen LogP contribution >= 0.6 is 15.9 Å². The van der Waals surface area contributed by atoms with Crippen LogP contribution in [0.15, 0.2) is 85.5 Å². The number of hydrogen-bond donors (Lipinski definition) is 0. The van der Waals surface area contributed by atoms with Gasteiger partial charge in [-0.25, -0.2) is 8.42 Å². The van der Waals surface area contributed by atoms with Crippen molar-refractivity contribution < 1.29 is 17.6 Å². The van der Waals surface area contributed by atoms with Crippen molar-refractivity contribution in [3.8, 4) is 5.75 Å². The molecule has 7 heteroatoms. The molecular weight excluding hydrogens is 420 g/mol. The van der Waals surface area contributed by atoms with Crippen LogP contribution in [-0.4, -0.2) is 8.42 Å². The van der Waals surface area contributed by atoms with Crippen LogP contribution in [0.1, 0.15) is 11.3 Å². The summed E-state index contributed by atoms with van der Waals surface area (Å²) in [6.45, 7) is 0.140. The second-order valence-electron chi connectivity index (χ2n) is 5.52. The van der Waals surface area contributed by atoms with Gasteiger partial charge in [0.05, 0.1) is 11.2 Å². The van der Waals surface area contributed by atoms with Gasteiger partial charge in [-0.05, 0) is 29.8 Å². The van der Waals surface area contributed by atoms with E-state index in [-0.39, 0.29) is 23.0 Å². The maximum atomic E-state index is 12.6. The van der Waals surface area contributed by atoms with Gasteiger partial charge >= 0.3 is 0 Å². The van der Waals surface area contributed by atoms with Gasteiger partial charge in [-0.1, -0.05) is 46.3 Å². The van der Waals surface area contributed by atoms with Crippen molar-refractivity contribution in [1.29, 1.82) is 0 Å². The smallest absolute Gasteiger partial charge is 0.227 e. The van der Waals surface area contributed by atoms with E-state index in [1.807, 2.05) is 30.3 Å². The number of halogens is 1. The highest BCUT2D eigenvalue weighted by molar-refractivity contribution is 9.10. The number of ether oxygens (including phenoxy) is 1. The molecule has 0 saturated carbocycles. The Morgan fingerprint density at radius 2 is 1.65 bits per heavy atom. The van der Waals surface area contributed by atoms with E-state index in [9.17, 15) is 13.2 Å². The first-order valence-electron chi connectivity index (χ1n) is 7.71. The summed E-state index contributed by atoms with van der Waals surface area (Å²) >= 11 is 3.27. The molecular formula is C19H15BrO5S. The molecule has 0 bridgehead atoms. The topological polar surface area (TPSA) is 73.6 Å². The Labute approximate surface area is 159 Å². The number of sulfone groups is 1. The van der Waals surface area contributed by atoms with Crippen molar-refractivity contribution in [2.75, 3.05) is 0 Å². The van der Waals surface area contributed by atoms with Crippen molar-refractivity contribution in [2.24, 2.45) is 0 Å². The van der Waals surface area contributed by atoms with E-state index in [4.69, 9.17) is 9.15 Å². The standard InChI is InChI=1S/C19H15BrO5S/c20-15-6-8-16(9-7-15)26(22,23)13-18-19(17(21)10-11-24-18)25-12-14-4-2-1-3-5-14/h1-11H,12-13H2. The van der Waals surface area contributed by atoms with Gasteiger partial charge in [0, 0.05) is 10.5 Å². The lowest BCUT2D eigenvalue weighted by atomic mass is 10.2. The molecule has 0 aliphatic rings. The quantitative estimate of drug-likeness (QED) is 0.586. The van der Waals surface area contributed by atoms with Gasteiger partial charge in [-0.3, -0.25) is 4.79 Å². The maximum Gasteiger partial charge on any atom is 0.227 e. The monoisotopic (exact) mass is 434 g/mol. The van der Waals surface area contributed by atoms with Gasteiger partial charge in [0.1, 0.15) is 12.4 Å². The minimum absolute atomic E-state index is 0.0173. The van der Waals surface area contributed by atoms with Crippen molar-refractivity contribution in [2.45, 2.75) is 17.3 Å². The lowest BCUT2D eigenvalue weighted by Gasteiger charge is -2.10. The van der Waals surface area contributed by atoms with Crippen molar-refractivity contribution >= 4 is 25.8 Å². The Bertz CT molecular complexity index is 1040. The second kappa shape index (κ2) is 7.88. The normalized spacial score (nSPS) is 11.3. The summed E-state index contributed by atoms with van der Waals surface area (Å²) in [4.78, 5) is 12.3. The van der Waals surface area contributed by atoms with E-state index < -0.39 is 21.0 Å². The number of rotatable bonds is 6. The van der Waals surface area contributed by atoms with E-state index in [2.05, 4.69) is 15.9 Å². The SMILES string of the molecule is O=c1ccoc(CS(=O)(=O)c2ccc(Br)cc2)c1OCc1ccccc1. The van der Waals surface area contributed by atoms with Crippen LogP contribution in [-0.2, 0) is 22.2 Å². The lowest BCUT2D eigenvalue weighted by Crippen LogP contribution is -2.13. The molecule has 0 unspecified atom stereocenters. The maximum absolute atomic E-state index is 12.6. The summed E-state index contributed by atoms with van der Waals surface area (Å²) in [5.41, 5.74) is 0.436. The fourth-order valence-corrected chi connectivity index (χ4v) is 3.85. The Morgan fingerprint density at radius 3 is 2.35 bits per heavy atom. The minimum atomic E-state index is -3.69. The molecule has 0 atom stereocenters. The van der Waals surface area contributed by atoms with Gasteiger partial charge in [-0.15, -0.1) is 0 Å². The van der Waals surface area contributed by atoms with Crippen LogP contribution in [0.5, 0.6) is 5.75 Å². The fraction of sp³-hybridized carbons (Fsp3) is 0.105. The first-order valence-corrected chi connectivity index (χ1v) is 10.2. The average Bonchev–Trinajstić information content (AvgIpc) is 2.62. The third-order valence-corrected chi connectivity index (χ3v) is 5.79. The molecule has 0 radical (unpaired) electrons. The molecule has 0 spiro atoms. The average molecular weight is 435 g/mol. The molecule has 26 heavy (non-hydrogen) atoms. The van der Waals surface area contributed by atoms with Gasteiger partial charge in [-0.2, -0.15) is 0 Å². The molecule has 0 saturated heterocycles. The lowest BCUT2D eigenvalue weighted by molar-refractivity contribution is 0.285. The van der Waals surface area contributed by atoms with Crippen molar-refractivity contribution in [3.63, 3.8) is 0 Å². The summed E-state index contributed by atoms with van der Waals surface area (Å²) in [5.74, 6) is -0.567. The molecule has 3 rings (SSSR count). The van der Waals surface area contributed by atoms with Crippen molar-refractivity contribution in [3.05, 3.63) is 92.9 Å². The van der Waals surface area contributed by atoms with Gasteiger partial charge in [0.25, 0.3) is 0 Å². The Morgan fingerprint density at radius 1 is 0.962 bits per heavy atom. The fourth-order valence-electron chi connectivity index (χ4n) is 2.32. The predicted molar refractivity (Wildman–Crippen MR) is 101 cm³/mol. The molecule has 0 N–H and O–H groups in total. The van der Waals surface area contributed by atoms with Crippen molar-refractivity contribution in [1.82, 2.24) is 0 Å². The summed E-state index contributed by atoms with van der Waals surface area (Å²) in [7, 11) is -3.69. The van der Waals surface area contributed by atoms with Gasteiger partial charge in [0.15, 0.2) is 15.6 Å². The molecule has 0 fully saturated rings. The summed E-state index contributed by atoms with van der Waals surface area (Å²) < 4.78 is 36.9. The molecule has 0 amide bonds. The Balaban J connectivity index is 1.87. The molecule has 1 aromatic heterocycles. The van der Waals surface area contributed by atoms with E-state index in [0.717, 1.165) is 10.0 Å². The molecule has 2 aromatic carbocycles. The third kappa shape index (κ3) is 4.42. The highest BCUT2D eigenvalue weighted by Gasteiger charge is 2.21. The Kier molecular flexibility index (Phi) is 5.58. The predicted octanol–water partition coefficient (Wildman–Crippen LogP) is 3.96. The molecule has 5 nitrogen and oxygen atoms in total. The molecule has 134 valence electrons. The van der Waals surface area contributed by atoms with Gasteiger partial charge in [0.2, 0.25) is 11.2 Å². The van der Waals surface area contributed by atoms with E-state index in [1.54, 1.807) is 12.1 Å². The van der Waals surface area contributed by atoms with Crippen LogP contribution in [0.3, 0.4) is 0 Å². The van der Waals surface area contributed by atoms with Crippen LogP contribution in [0.25, 0.3) is 0 Å². The zero-order valence-electron chi connectivity index (χ0n) is 13.6. The molecule has 0 aliphatic heterocycles. The highest BCUT2D eigenvalue weighted by atomic mass is 79.9. The van der Waals surface area contributed by atoms with Gasteiger partial charge < -0.3 is 9.15 Å². The van der Waals surface area contributed by atoms with Crippen LogP contribution < -0.4 is 10.2 Å². The van der Waals surface area contributed by atoms with Crippen LogP contribution in [0.2, 0.25) is 0 Å². The van der Waals surface area contributed by atoms with E-state index in [0.29, 0.717) is 0 Å². The largest absolute Gasteiger partial charge is 0.482 e. The molecule has 3 aromatic rings. The minimum Gasteiger partial charge on any atom is -0.482 e. The van der Waals surface area contributed by atoms with E-state index >= 15 is 0 Å². The third-order valence-electron chi connectivity index (χ3n) is 3.63. The molecule has 1 heterocycles. The molecule has 0 aliphatic carbocycles. The summed E-state index contributed by atoms with van der Waals surface area (Å²) in [6.07, 6.45) is 1.17. The summed E-state index contributed by atoms with van der Waals surface area (Å²) in [5, 5.41) is 0. The first kappa shape index (κ1) is 18.4. The van der Waals surface area contributed by atoms with Crippen LogP contribution in [0, 0.1) is 0 Å². The zero-order chi connectivity index (χ0) is 18.6. The zero-order valence-corrected chi connectivity index (χ0v) is 16.0. The second-order valence-corrected chi connectivity index (χ2v) is 8.43. The van der Waals surface area contributed by atoms with E-state index in [1.165, 1.54) is 24.5 Å².